The molecule has 1 aliphatic carbocycles. The van der Waals surface area contributed by atoms with E-state index in [-0.39, 0.29) is 41.8 Å². The Bertz CT molecular complexity index is 593. The van der Waals surface area contributed by atoms with E-state index >= 15 is 0 Å². The normalized spacial score (nSPS) is 17.0. The smallest absolute Gasteiger partial charge is 0.286 e. The van der Waals surface area contributed by atoms with Gasteiger partial charge in [-0.25, -0.2) is 0 Å². The van der Waals surface area contributed by atoms with Crippen LogP contribution < -0.4 is 10.6 Å². The Morgan fingerprint density at radius 3 is 2.59 bits per heavy atom. The van der Waals surface area contributed by atoms with Crippen LogP contribution in [0.15, 0.2) is 9.64 Å². The Hall–Kier alpha value is -1.12. The van der Waals surface area contributed by atoms with Crippen LogP contribution in [0.2, 0.25) is 0 Å². The summed E-state index contributed by atoms with van der Waals surface area (Å²) in [5.41, 5.74) is 0. The van der Waals surface area contributed by atoms with Gasteiger partial charge in [-0.2, -0.15) is 0 Å². The van der Waals surface area contributed by atoms with E-state index in [4.69, 9.17) is 4.42 Å². The summed E-state index contributed by atoms with van der Waals surface area (Å²) in [5, 5.41) is 14.2. The molecule has 1 heterocycles. The van der Waals surface area contributed by atoms with Gasteiger partial charge in [0.15, 0.2) is 0 Å². The van der Waals surface area contributed by atoms with E-state index < -0.39 is 6.04 Å². The van der Waals surface area contributed by atoms with Crippen LogP contribution in [-0.2, 0) is 4.79 Å². The number of Topliss-reactive ketones (excluding diaryl/α,β-unsaturated/α-hetero) is 1. The number of carbonyl (C=O) groups is 2. The number of nitrogens with zero attached hydrogens (tertiary/aromatic N) is 2. The average Bonchev–Trinajstić information content (AvgIpc) is 3.14. The Balaban J connectivity index is 0.00000364. The van der Waals surface area contributed by atoms with Crippen molar-refractivity contribution in [1.29, 1.82) is 0 Å². The number of thioether (sulfide) groups is 1. The van der Waals surface area contributed by atoms with Crippen molar-refractivity contribution in [2.45, 2.75) is 63.6 Å². The van der Waals surface area contributed by atoms with Crippen LogP contribution in [0.3, 0.4) is 0 Å². The topological polar surface area (TPSA) is 97.1 Å². The monoisotopic (exact) mass is 418 g/mol. The zero-order valence-electron chi connectivity index (χ0n) is 16.3. The minimum atomic E-state index is -0.620. The summed E-state index contributed by atoms with van der Waals surface area (Å²) in [6.07, 6.45) is 5.93. The first kappa shape index (κ1) is 23.9. The third kappa shape index (κ3) is 7.08. The molecule has 2 atom stereocenters. The molecule has 154 valence electrons. The molecule has 27 heavy (non-hydrogen) atoms. The van der Waals surface area contributed by atoms with Crippen LogP contribution in [-0.4, -0.2) is 47.3 Å². The Labute approximate surface area is 171 Å². The quantitative estimate of drug-likeness (QED) is 0.342. The Morgan fingerprint density at radius 1 is 1.26 bits per heavy atom. The van der Waals surface area contributed by atoms with Crippen LogP contribution in [0.5, 0.6) is 0 Å². The van der Waals surface area contributed by atoms with Gasteiger partial charge in [0.05, 0.1) is 6.04 Å². The van der Waals surface area contributed by atoms with E-state index in [9.17, 15) is 9.59 Å². The number of aromatic nitrogens is 2. The Morgan fingerprint density at radius 2 is 1.96 bits per heavy atom. The van der Waals surface area contributed by atoms with Gasteiger partial charge < -0.3 is 15.1 Å². The lowest BCUT2D eigenvalue weighted by atomic mass is 9.87. The minimum Gasteiger partial charge on any atom is -0.408 e. The zero-order chi connectivity index (χ0) is 18.9. The standard InChI is InChI=1S/C18H30N4O3S.ClH/c1-4-12(2)14(20-16(24)13-8-6-5-7-9-13)15(23)17-21-22-18(25-17)26-11-10-19-3;/h12-14,19H,4-11H2,1-3H3,(H,20,24);1H/t12-,14-;/m0./s1. The number of rotatable bonds is 10. The SMILES string of the molecule is CC[C@H](C)[C@H](NC(=O)C1CCCCC1)C(=O)c1nnc(SCCNC)o1.Cl. The van der Waals surface area contributed by atoms with E-state index in [0.717, 1.165) is 44.4 Å². The first-order valence-electron chi connectivity index (χ1n) is 9.52. The molecule has 1 saturated carbocycles. The third-order valence-electron chi connectivity index (χ3n) is 4.96. The average molecular weight is 419 g/mol. The van der Waals surface area contributed by atoms with Crippen LogP contribution in [0.25, 0.3) is 0 Å². The fourth-order valence-electron chi connectivity index (χ4n) is 3.08. The highest BCUT2D eigenvalue weighted by Crippen LogP contribution is 2.25. The molecule has 0 radical (unpaired) electrons. The molecule has 0 spiro atoms. The van der Waals surface area contributed by atoms with Gasteiger partial charge in [-0.1, -0.05) is 51.3 Å². The van der Waals surface area contributed by atoms with Crippen LogP contribution in [0.4, 0.5) is 0 Å². The van der Waals surface area contributed by atoms with Crippen molar-refractivity contribution in [3.63, 3.8) is 0 Å². The summed E-state index contributed by atoms with van der Waals surface area (Å²) in [4.78, 5) is 25.5. The molecule has 0 aromatic carbocycles. The number of nitrogens with one attached hydrogen (secondary N) is 2. The number of amides is 1. The molecule has 2 N–H and O–H groups in total. The van der Waals surface area contributed by atoms with Crippen molar-refractivity contribution in [3.05, 3.63) is 5.89 Å². The molecule has 9 heteroatoms. The van der Waals surface area contributed by atoms with Gasteiger partial charge in [0, 0.05) is 18.2 Å². The highest BCUT2D eigenvalue weighted by molar-refractivity contribution is 7.99. The summed E-state index contributed by atoms with van der Waals surface area (Å²) in [5.74, 6) is 0.453. The predicted molar refractivity (Wildman–Crippen MR) is 108 cm³/mol. The number of carbonyl (C=O) groups excluding carboxylic acids is 2. The van der Waals surface area contributed by atoms with E-state index in [0.29, 0.717) is 5.22 Å². The highest BCUT2D eigenvalue weighted by atomic mass is 35.5. The highest BCUT2D eigenvalue weighted by Gasteiger charge is 2.33. The second-order valence-corrected chi connectivity index (χ2v) is 7.94. The van der Waals surface area contributed by atoms with Crippen molar-refractivity contribution in [2.75, 3.05) is 19.3 Å². The van der Waals surface area contributed by atoms with Crippen LogP contribution in [0.1, 0.15) is 63.1 Å². The maximum atomic E-state index is 12.9. The van der Waals surface area contributed by atoms with Gasteiger partial charge in [0.2, 0.25) is 11.7 Å². The molecule has 2 rings (SSSR count). The fourth-order valence-corrected chi connectivity index (χ4v) is 3.80. The molecule has 1 aromatic rings. The lowest BCUT2D eigenvalue weighted by Gasteiger charge is -2.26. The first-order chi connectivity index (χ1) is 12.6. The fraction of sp³-hybridized carbons (Fsp3) is 0.778. The Kier molecular flexibility index (Phi) is 10.9. The van der Waals surface area contributed by atoms with Gasteiger partial charge in [-0.3, -0.25) is 9.59 Å². The van der Waals surface area contributed by atoms with Gasteiger partial charge in [-0.05, 0) is 25.8 Å². The summed E-state index contributed by atoms with van der Waals surface area (Å²) in [6.45, 7) is 4.77. The van der Waals surface area contributed by atoms with E-state index in [1.54, 1.807) is 0 Å². The minimum absolute atomic E-state index is 0. The second kappa shape index (κ2) is 12.4. The van der Waals surface area contributed by atoms with Crippen LogP contribution in [0, 0.1) is 11.8 Å². The van der Waals surface area contributed by atoms with Crippen molar-refractivity contribution < 1.29 is 14.0 Å². The molecule has 1 fully saturated rings. The lowest BCUT2D eigenvalue weighted by Crippen LogP contribution is -2.47. The van der Waals surface area contributed by atoms with Crippen molar-refractivity contribution >= 4 is 35.9 Å². The molecule has 0 saturated heterocycles. The molecular weight excluding hydrogens is 388 g/mol. The molecular formula is C18H31ClN4O3S. The number of hydrogen-bond donors (Lipinski definition) is 2. The van der Waals surface area contributed by atoms with Gasteiger partial charge in [0.25, 0.3) is 11.1 Å². The molecule has 0 bridgehead atoms. The summed E-state index contributed by atoms with van der Waals surface area (Å²) in [6, 6.07) is -0.620. The second-order valence-electron chi connectivity index (χ2n) is 6.90. The van der Waals surface area contributed by atoms with E-state index in [2.05, 4.69) is 20.8 Å². The van der Waals surface area contributed by atoms with Crippen molar-refractivity contribution in [1.82, 2.24) is 20.8 Å². The molecule has 1 amide bonds. The number of hydrogen-bond acceptors (Lipinski definition) is 7. The maximum Gasteiger partial charge on any atom is 0.286 e. The van der Waals surface area contributed by atoms with Crippen molar-refractivity contribution in [2.24, 2.45) is 11.8 Å². The van der Waals surface area contributed by atoms with Crippen LogP contribution >= 0.6 is 24.2 Å². The third-order valence-corrected chi connectivity index (χ3v) is 5.78. The van der Waals surface area contributed by atoms with Gasteiger partial charge in [-0.15, -0.1) is 22.6 Å². The van der Waals surface area contributed by atoms with Gasteiger partial charge in [0.1, 0.15) is 0 Å². The zero-order valence-corrected chi connectivity index (χ0v) is 18.0. The summed E-state index contributed by atoms with van der Waals surface area (Å²) < 4.78 is 5.51. The molecule has 1 aliphatic rings. The lowest BCUT2D eigenvalue weighted by molar-refractivity contribution is -0.126. The summed E-state index contributed by atoms with van der Waals surface area (Å²) >= 11 is 1.40. The molecule has 7 nitrogen and oxygen atoms in total. The van der Waals surface area contributed by atoms with Crippen molar-refractivity contribution in [3.8, 4) is 0 Å². The summed E-state index contributed by atoms with van der Waals surface area (Å²) in [7, 11) is 1.87. The largest absolute Gasteiger partial charge is 0.408 e. The number of ketones is 1. The number of halogens is 1. The molecule has 0 aliphatic heterocycles. The van der Waals surface area contributed by atoms with E-state index in [1.165, 1.54) is 18.2 Å². The molecule has 1 aromatic heterocycles. The predicted octanol–water partition coefficient (Wildman–Crippen LogP) is 3.10. The van der Waals surface area contributed by atoms with E-state index in [1.807, 2.05) is 20.9 Å². The van der Waals surface area contributed by atoms with Gasteiger partial charge >= 0.3 is 0 Å². The maximum absolute atomic E-state index is 12.9. The first-order valence-corrected chi connectivity index (χ1v) is 10.5. The molecule has 0 unspecified atom stereocenters.